The fourth-order valence-electron chi connectivity index (χ4n) is 7.67. The SMILES string of the molecule is CN(C(=O)/C=C/c1cccs1)C1CC[C@@]2(O)[C@H]3Cc4ccc(O)c5c4[C@@]2(CCN3CC2CC2)C1O5. The van der Waals surface area contributed by atoms with E-state index in [1.54, 1.807) is 28.4 Å². The van der Waals surface area contributed by atoms with Crippen LogP contribution in [0.4, 0.5) is 0 Å². The highest BCUT2D eigenvalue weighted by molar-refractivity contribution is 7.10. The molecule has 7 heteroatoms. The zero-order valence-electron chi connectivity index (χ0n) is 20.0. The number of carbonyl (C=O) groups is 1. The van der Waals surface area contributed by atoms with Crippen LogP contribution in [0.3, 0.4) is 0 Å². The first-order valence-corrected chi connectivity index (χ1v) is 13.8. The summed E-state index contributed by atoms with van der Waals surface area (Å²) in [7, 11) is 1.85. The first-order valence-electron chi connectivity index (χ1n) is 12.9. The number of phenolic OH excluding ortho intramolecular Hbond substituents is 1. The molecule has 2 N–H and O–H groups in total. The van der Waals surface area contributed by atoms with Gasteiger partial charge in [-0.15, -0.1) is 11.3 Å². The minimum Gasteiger partial charge on any atom is -0.504 e. The van der Waals surface area contributed by atoms with E-state index in [2.05, 4.69) is 4.90 Å². The molecule has 2 saturated carbocycles. The molecule has 184 valence electrons. The lowest BCUT2D eigenvalue weighted by Crippen LogP contribution is -2.78. The number of nitrogens with zero attached hydrogens (tertiary/aromatic N) is 2. The zero-order chi connectivity index (χ0) is 23.9. The summed E-state index contributed by atoms with van der Waals surface area (Å²) in [6.07, 6.45) is 8.58. The Balaban J connectivity index is 1.28. The molecule has 1 aromatic heterocycles. The van der Waals surface area contributed by atoms with Crippen molar-refractivity contribution in [2.45, 2.75) is 67.7 Å². The maximum atomic E-state index is 13.2. The average Bonchev–Trinajstić information content (AvgIpc) is 3.36. The number of rotatable bonds is 5. The molecule has 2 unspecified atom stereocenters. The standard InChI is InChI=1S/C28H32N2O4S/c1-29(23(32)9-7-19-3-2-14-35-19)20-10-11-28(33)22-15-18-6-8-21(31)25-24(18)27(28,26(20)34-25)12-13-30(22)16-17-4-5-17/h2-3,6-9,14,17,20,22,26,31,33H,4-5,10-13,15-16H2,1H3/b9-7+/t20?,22-,26?,27+,28-/m1/s1. The van der Waals surface area contributed by atoms with Crippen molar-refractivity contribution in [3.05, 3.63) is 51.7 Å². The molecule has 5 atom stereocenters. The Kier molecular flexibility index (Phi) is 4.74. The van der Waals surface area contributed by atoms with Crippen LogP contribution in [0, 0.1) is 5.92 Å². The van der Waals surface area contributed by atoms with Gasteiger partial charge in [0.05, 0.1) is 17.1 Å². The fraction of sp³-hybridized carbons (Fsp3) is 0.536. The number of piperidine rings is 1. The lowest BCUT2D eigenvalue weighted by molar-refractivity contribution is -0.200. The van der Waals surface area contributed by atoms with Crippen LogP contribution in [0.25, 0.3) is 6.08 Å². The molecule has 5 aliphatic rings. The predicted octanol–water partition coefficient (Wildman–Crippen LogP) is 3.56. The number of carbonyl (C=O) groups excluding carboxylic acids is 1. The minimum absolute atomic E-state index is 0.0478. The third-order valence-electron chi connectivity index (χ3n) is 9.51. The van der Waals surface area contributed by atoms with Crippen molar-refractivity contribution in [2.75, 3.05) is 20.1 Å². The van der Waals surface area contributed by atoms with Gasteiger partial charge in [-0.2, -0.15) is 0 Å². The molecular weight excluding hydrogens is 460 g/mol. The number of ether oxygens (including phenoxy) is 1. The number of thiophene rings is 1. The lowest BCUT2D eigenvalue weighted by atomic mass is 9.48. The summed E-state index contributed by atoms with van der Waals surface area (Å²) in [6.45, 7) is 1.98. The van der Waals surface area contributed by atoms with Crippen LogP contribution in [-0.2, 0) is 16.6 Å². The highest BCUT2D eigenvalue weighted by atomic mass is 32.1. The van der Waals surface area contributed by atoms with E-state index in [0.717, 1.165) is 42.3 Å². The number of aromatic hydroxyl groups is 1. The van der Waals surface area contributed by atoms with Gasteiger partial charge in [-0.3, -0.25) is 9.69 Å². The Morgan fingerprint density at radius 3 is 2.91 bits per heavy atom. The fourth-order valence-corrected chi connectivity index (χ4v) is 8.29. The Hall–Kier alpha value is -2.35. The first kappa shape index (κ1) is 21.9. The molecule has 1 amide bonds. The number of hydrogen-bond donors (Lipinski definition) is 2. The number of hydrogen-bond acceptors (Lipinski definition) is 6. The van der Waals surface area contributed by atoms with E-state index in [-0.39, 0.29) is 29.8 Å². The van der Waals surface area contributed by atoms with Gasteiger partial charge in [0.15, 0.2) is 11.5 Å². The Morgan fingerprint density at radius 1 is 1.29 bits per heavy atom. The second kappa shape index (κ2) is 7.58. The Bertz CT molecular complexity index is 1210. The third kappa shape index (κ3) is 2.98. The minimum atomic E-state index is -0.927. The van der Waals surface area contributed by atoms with Crippen molar-refractivity contribution in [3.63, 3.8) is 0 Å². The van der Waals surface area contributed by atoms with E-state index in [0.29, 0.717) is 18.6 Å². The monoisotopic (exact) mass is 492 g/mol. The van der Waals surface area contributed by atoms with Crippen LogP contribution in [0.2, 0.25) is 0 Å². The summed E-state index contributed by atoms with van der Waals surface area (Å²) in [5.74, 6) is 1.36. The second-order valence-corrected chi connectivity index (χ2v) is 12.2. The summed E-state index contributed by atoms with van der Waals surface area (Å²) < 4.78 is 6.59. The molecule has 3 aliphatic carbocycles. The van der Waals surface area contributed by atoms with E-state index in [4.69, 9.17) is 4.74 Å². The van der Waals surface area contributed by atoms with Gasteiger partial charge in [-0.05, 0) is 80.1 Å². The van der Waals surface area contributed by atoms with Crippen molar-refractivity contribution in [1.82, 2.24) is 9.80 Å². The molecule has 2 bridgehead atoms. The largest absolute Gasteiger partial charge is 0.504 e. The number of phenols is 1. The molecule has 0 radical (unpaired) electrons. The lowest BCUT2D eigenvalue weighted by Gasteiger charge is -2.64. The van der Waals surface area contributed by atoms with Crippen LogP contribution in [0.5, 0.6) is 11.5 Å². The summed E-state index contributed by atoms with van der Waals surface area (Å²) in [5, 5.41) is 25.3. The Labute approximate surface area is 209 Å². The molecule has 3 heterocycles. The van der Waals surface area contributed by atoms with E-state index < -0.39 is 11.0 Å². The van der Waals surface area contributed by atoms with Crippen LogP contribution >= 0.6 is 11.3 Å². The predicted molar refractivity (Wildman–Crippen MR) is 135 cm³/mol. The van der Waals surface area contributed by atoms with Crippen molar-refractivity contribution < 1.29 is 19.7 Å². The van der Waals surface area contributed by atoms with Gasteiger partial charge < -0.3 is 19.8 Å². The van der Waals surface area contributed by atoms with Gasteiger partial charge in [0, 0.05) is 36.2 Å². The van der Waals surface area contributed by atoms with E-state index in [1.807, 2.05) is 36.7 Å². The molecule has 35 heavy (non-hydrogen) atoms. The van der Waals surface area contributed by atoms with Gasteiger partial charge in [0.25, 0.3) is 0 Å². The summed E-state index contributed by atoms with van der Waals surface area (Å²) in [4.78, 5) is 18.6. The number of amides is 1. The van der Waals surface area contributed by atoms with E-state index in [1.165, 1.54) is 18.4 Å². The molecule has 6 nitrogen and oxygen atoms in total. The number of likely N-dealkylation sites (tertiary alicyclic amines) is 1. The smallest absolute Gasteiger partial charge is 0.246 e. The maximum Gasteiger partial charge on any atom is 0.246 e. The Morgan fingerprint density at radius 2 is 2.14 bits per heavy atom. The van der Waals surface area contributed by atoms with Crippen LogP contribution < -0.4 is 4.74 Å². The molecule has 1 saturated heterocycles. The molecular formula is C28H32N2O4S. The maximum absolute atomic E-state index is 13.2. The summed E-state index contributed by atoms with van der Waals surface area (Å²) in [5.41, 5.74) is 0.660. The van der Waals surface area contributed by atoms with E-state index >= 15 is 0 Å². The van der Waals surface area contributed by atoms with Crippen LogP contribution in [0.1, 0.15) is 48.1 Å². The zero-order valence-corrected chi connectivity index (χ0v) is 20.8. The third-order valence-corrected chi connectivity index (χ3v) is 10.3. The summed E-state index contributed by atoms with van der Waals surface area (Å²) in [6, 6.07) is 7.60. The van der Waals surface area contributed by atoms with Crippen molar-refractivity contribution in [2.24, 2.45) is 5.92 Å². The highest BCUT2D eigenvalue weighted by Gasteiger charge is 2.73. The van der Waals surface area contributed by atoms with Crippen LogP contribution in [-0.4, -0.2) is 69.8 Å². The number of benzene rings is 1. The summed E-state index contributed by atoms with van der Waals surface area (Å²) >= 11 is 1.60. The molecule has 7 rings (SSSR count). The van der Waals surface area contributed by atoms with Crippen molar-refractivity contribution in [1.29, 1.82) is 0 Å². The first-order chi connectivity index (χ1) is 16.9. The van der Waals surface area contributed by atoms with Gasteiger partial charge in [-0.1, -0.05) is 12.1 Å². The van der Waals surface area contributed by atoms with Crippen LogP contribution in [0.15, 0.2) is 35.7 Å². The van der Waals surface area contributed by atoms with Gasteiger partial charge in [0.2, 0.25) is 5.91 Å². The van der Waals surface area contributed by atoms with Crippen molar-refractivity contribution in [3.8, 4) is 11.5 Å². The average molecular weight is 493 g/mol. The van der Waals surface area contributed by atoms with E-state index in [9.17, 15) is 15.0 Å². The highest BCUT2D eigenvalue weighted by Crippen LogP contribution is 2.66. The second-order valence-electron chi connectivity index (χ2n) is 11.2. The van der Waals surface area contributed by atoms with Crippen molar-refractivity contribution >= 4 is 23.3 Å². The molecule has 2 aromatic rings. The van der Waals surface area contributed by atoms with Gasteiger partial charge >= 0.3 is 0 Å². The number of likely N-dealkylation sites (N-methyl/N-ethyl adjacent to an activating group) is 1. The number of aliphatic hydroxyl groups is 1. The normalized spacial score (nSPS) is 35.1. The van der Waals surface area contributed by atoms with Gasteiger partial charge in [0.1, 0.15) is 6.10 Å². The molecule has 1 aromatic carbocycles. The molecule has 3 fully saturated rings. The quantitative estimate of drug-likeness (QED) is 0.625. The molecule has 2 aliphatic heterocycles. The topological polar surface area (TPSA) is 73.2 Å². The van der Waals surface area contributed by atoms with Gasteiger partial charge in [-0.25, -0.2) is 0 Å². The molecule has 1 spiro atoms.